The average molecular weight is 353 g/mol. The molecule has 136 valence electrons. The van der Waals surface area contributed by atoms with E-state index in [9.17, 15) is 4.79 Å². The van der Waals surface area contributed by atoms with Crippen LogP contribution in [0.1, 0.15) is 23.4 Å². The molecule has 3 heterocycles. The molecular weight excluding hydrogens is 330 g/mol. The highest BCUT2D eigenvalue weighted by Gasteiger charge is 2.29. The van der Waals surface area contributed by atoms with Crippen LogP contribution in [0.2, 0.25) is 0 Å². The van der Waals surface area contributed by atoms with Gasteiger partial charge in [-0.05, 0) is 31.9 Å². The summed E-state index contributed by atoms with van der Waals surface area (Å²) >= 11 is 0. The fourth-order valence-corrected chi connectivity index (χ4v) is 3.53. The molecule has 0 saturated carbocycles. The van der Waals surface area contributed by atoms with Gasteiger partial charge in [0.05, 0.1) is 36.2 Å². The molecule has 6 nitrogen and oxygen atoms in total. The van der Waals surface area contributed by atoms with Crippen molar-refractivity contribution in [2.24, 2.45) is 5.92 Å². The Hall–Kier alpha value is -2.47. The van der Waals surface area contributed by atoms with Gasteiger partial charge in [0.15, 0.2) is 0 Å². The Labute approximate surface area is 153 Å². The van der Waals surface area contributed by atoms with Gasteiger partial charge in [0, 0.05) is 24.8 Å². The van der Waals surface area contributed by atoms with E-state index in [1.807, 2.05) is 26.0 Å². The Morgan fingerprint density at radius 1 is 1.35 bits per heavy atom. The quantitative estimate of drug-likeness (QED) is 0.912. The van der Waals surface area contributed by atoms with Crippen molar-refractivity contribution in [1.82, 2.24) is 15.3 Å². The lowest BCUT2D eigenvalue weighted by Crippen LogP contribution is -2.38. The number of carbonyl (C=O) groups is 1. The fraction of sp³-hybridized carbons (Fsp3) is 0.450. The number of fused-ring (bicyclic) bond motifs is 1. The summed E-state index contributed by atoms with van der Waals surface area (Å²) in [6.07, 6.45) is 3.29. The molecule has 1 saturated heterocycles. The summed E-state index contributed by atoms with van der Waals surface area (Å²) in [6, 6.07) is 6.12. The van der Waals surface area contributed by atoms with Gasteiger partial charge >= 0.3 is 0 Å². The van der Waals surface area contributed by atoms with Crippen LogP contribution in [0.4, 0.5) is 0 Å². The van der Waals surface area contributed by atoms with Crippen LogP contribution in [-0.2, 0) is 16.0 Å². The zero-order valence-corrected chi connectivity index (χ0v) is 15.1. The molecular formula is C20H23N3O3. The maximum Gasteiger partial charge on any atom is 0.225 e. The second-order valence-corrected chi connectivity index (χ2v) is 6.99. The van der Waals surface area contributed by atoms with Crippen molar-refractivity contribution in [3.63, 3.8) is 0 Å². The van der Waals surface area contributed by atoms with E-state index in [2.05, 4.69) is 21.4 Å². The second-order valence-electron chi connectivity index (χ2n) is 6.99. The zero-order valence-electron chi connectivity index (χ0n) is 15.1. The highest BCUT2D eigenvalue weighted by Crippen LogP contribution is 2.38. The van der Waals surface area contributed by atoms with Crippen molar-refractivity contribution < 1.29 is 14.3 Å². The molecule has 0 bridgehead atoms. The van der Waals surface area contributed by atoms with Gasteiger partial charge in [0.2, 0.25) is 5.91 Å². The van der Waals surface area contributed by atoms with Gasteiger partial charge in [-0.3, -0.25) is 9.78 Å². The Morgan fingerprint density at radius 3 is 3.04 bits per heavy atom. The van der Waals surface area contributed by atoms with E-state index in [0.717, 1.165) is 46.8 Å². The minimum absolute atomic E-state index is 0.0282. The summed E-state index contributed by atoms with van der Waals surface area (Å²) in [5.41, 5.74) is 4.73. The number of carbonyl (C=O) groups excluding carboxylic acids is 1. The summed E-state index contributed by atoms with van der Waals surface area (Å²) in [5, 5.41) is 3.01. The molecule has 0 unspecified atom stereocenters. The number of nitrogens with one attached hydrogen (secondary N) is 1. The Balaban J connectivity index is 1.49. The number of hydrogen-bond donors (Lipinski definition) is 1. The first kappa shape index (κ1) is 17.0. The van der Waals surface area contributed by atoms with Gasteiger partial charge in [0.25, 0.3) is 0 Å². The van der Waals surface area contributed by atoms with Crippen molar-refractivity contribution in [2.45, 2.75) is 32.8 Å². The standard InChI is InChI=1S/C20H23N3O3/c1-12-9-21-13(2)18(23-12)17-5-3-4-14-8-16(26-19(14)17)10-22-20(24)15-6-7-25-11-15/h3-5,9,15-16H,6-8,10-11H2,1-2H3,(H,22,24)/t15-,16+/m1/s1. The Kier molecular flexibility index (Phi) is 4.59. The van der Waals surface area contributed by atoms with E-state index in [1.165, 1.54) is 0 Å². The molecule has 2 aromatic rings. The molecule has 4 rings (SSSR count). The Morgan fingerprint density at radius 2 is 2.23 bits per heavy atom. The first-order valence-electron chi connectivity index (χ1n) is 9.06. The number of hydrogen-bond acceptors (Lipinski definition) is 5. The molecule has 2 aliphatic rings. The second kappa shape index (κ2) is 7.03. The van der Waals surface area contributed by atoms with E-state index < -0.39 is 0 Å². The molecule has 1 aromatic heterocycles. The van der Waals surface area contributed by atoms with Crippen LogP contribution < -0.4 is 10.1 Å². The molecule has 1 aromatic carbocycles. The van der Waals surface area contributed by atoms with Crippen LogP contribution in [0.3, 0.4) is 0 Å². The van der Waals surface area contributed by atoms with Crippen molar-refractivity contribution in [1.29, 1.82) is 0 Å². The van der Waals surface area contributed by atoms with E-state index >= 15 is 0 Å². The molecule has 0 radical (unpaired) electrons. The molecule has 6 heteroatoms. The number of amides is 1. The monoisotopic (exact) mass is 353 g/mol. The maximum atomic E-state index is 12.2. The van der Waals surface area contributed by atoms with Gasteiger partial charge in [-0.15, -0.1) is 0 Å². The lowest BCUT2D eigenvalue weighted by Gasteiger charge is -2.15. The first-order chi connectivity index (χ1) is 12.6. The van der Waals surface area contributed by atoms with Crippen LogP contribution in [0, 0.1) is 19.8 Å². The number of benzene rings is 1. The predicted octanol–water partition coefficient (Wildman–Crippen LogP) is 2.22. The lowest BCUT2D eigenvalue weighted by atomic mass is 10.0. The number of para-hydroxylation sites is 1. The fourth-order valence-electron chi connectivity index (χ4n) is 3.53. The predicted molar refractivity (Wildman–Crippen MR) is 97.0 cm³/mol. The number of ether oxygens (including phenoxy) is 2. The molecule has 26 heavy (non-hydrogen) atoms. The van der Waals surface area contributed by atoms with Crippen LogP contribution in [0.15, 0.2) is 24.4 Å². The van der Waals surface area contributed by atoms with Crippen molar-refractivity contribution in [3.05, 3.63) is 41.3 Å². The van der Waals surface area contributed by atoms with Crippen LogP contribution in [0.25, 0.3) is 11.3 Å². The third kappa shape index (κ3) is 3.29. The average Bonchev–Trinajstić information content (AvgIpc) is 3.30. The van der Waals surface area contributed by atoms with Gasteiger partial charge in [-0.25, -0.2) is 4.98 Å². The zero-order chi connectivity index (χ0) is 18.1. The van der Waals surface area contributed by atoms with Crippen molar-refractivity contribution in [3.8, 4) is 17.0 Å². The van der Waals surface area contributed by atoms with E-state index in [-0.39, 0.29) is 17.9 Å². The van der Waals surface area contributed by atoms with Crippen molar-refractivity contribution >= 4 is 5.91 Å². The topological polar surface area (TPSA) is 73.3 Å². The minimum Gasteiger partial charge on any atom is -0.487 e. The summed E-state index contributed by atoms with van der Waals surface area (Å²) in [7, 11) is 0. The number of nitrogens with zero attached hydrogens (tertiary/aromatic N) is 2. The minimum atomic E-state index is -0.0597. The number of rotatable bonds is 4. The van der Waals surface area contributed by atoms with Gasteiger partial charge in [-0.1, -0.05) is 12.1 Å². The first-order valence-corrected chi connectivity index (χ1v) is 9.06. The number of aromatic nitrogens is 2. The molecule has 1 fully saturated rings. The molecule has 0 aliphatic carbocycles. The van der Waals surface area contributed by atoms with Crippen molar-refractivity contribution in [2.75, 3.05) is 19.8 Å². The highest BCUT2D eigenvalue weighted by molar-refractivity contribution is 5.79. The summed E-state index contributed by atoms with van der Waals surface area (Å²) < 4.78 is 11.5. The molecule has 0 spiro atoms. The number of aryl methyl sites for hydroxylation is 2. The molecule has 2 atom stereocenters. The SMILES string of the molecule is Cc1cnc(C)c(-c2cccc3c2O[C@H](CNC(=O)[C@@H]2CCOC2)C3)n1. The van der Waals surface area contributed by atoms with E-state index in [4.69, 9.17) is 9.47 Å². The summed E-state index contributed by atoms with van der Waals surface area (Å²) in [6.45, 7) is 5.58. The van der Waals surface area contributed by atoms with Gasteiger partial charge < -0.3 is 14.8 Å². The van der Waals surface area contributed by atoms with Crippen LogP contribution in [0.5, 0.6) is 5.75 Å². The smallest absolute Gasteiger partial charge is 0.225 e. The van der Waals surface area contributed by atoms with Crippen LogP contribution in [-0.4, -0.2) is 41.7 Å². The summed E-state index contributed by atoms with van der Waals surface area (Å²) in [4.78, 5) is 21.2. The van der Waals surface area contributed by atoms with E-state index in [0.29, 0.717) is 19.8 Å². The highest BCUT2D eigenvalue weighted by atomic mass is 16.5. The summed E-state index contributed by atoms with van der Waals surface area (Å²) in [5.74, 6) is 0.890. The lowest BCUT2D eigenvalue weighted by molar-refractivity contribution is -0.125. The van der Waals surface area contributed by atoms with E-state index in [1.54, 1.807) is 6.20 Å². The van der Waals surface area contributed by atoms with Gasteiger partial charge in [-0.2, -0.15) is 0 Å². The third-order valence-electron chi connectivity index (χ3n) is 4.96. The third-order valence-corrected chi connectivity index (χ3v) is 4.96. The van der Waals surface area contributed by atoms with Gasteiger partial charge in [0.1, 0.15) is 11.9 Å². The molecule has 1 amide bonds. The largest absolute Gasteiger partial charge is 0.487 e. The normalized spacial score (nSPS) is 21.3. The Bertz CT molecular complexity index is 831. The van der Waals surface area contributed by atoms with Crippen LogP contribution >= 0.6 is 0 Å². The molecule has 2 aliphatic heterocycles. The molecule has 1 N–H and O–H groups in total. The maximum absolute atomic E-state index is 12.2.